The third-order valence-corrected chi connectivity index (χ3v) is 1.94. The largest absolute Gasteiger partial charge is 0.197 e. The minimum absolute atomic E-state index is 0.240. The van der Waals surface area contributed by atoms with Gasteiger partial charge in [-0.3, -0.25) is 0 Å². The van der Waals surface area contributed by atoms with Gasteiger partial charge < -0.3 is 0 Å². The summed E-state index contributed by atoms with van der Waals surface area (Å²) in [5.74, 6) is 5.56. The van der Waals surface area contributed by atoms with E-state index >= 15 is 0 Å². The molecule has 0 aliphatic heterocycles. The molecule has 0 fully saturated rings. The molecule has 0 radical (unpaired) electrons. The second kappa shape index (κ2) is 4.92. The Bertz CT molecular complexity index is 389. The zero-order chi connectivity index (χ0) is 9.68. The molecule has 0 aliphatic carbocycles. The van der Waals surface area contributed by atoms with E-state index in [-0.39, 0.29) is 6.42 Å². The lowest BCUT2D eigenvalue weighted by molar-refractivity contribution is 1.39. The van der Waals surface area contributed by atoms with E-state index in [0.29, 0.717) is 5.02 Å². The first-order chi connectivity index (χ1) is 6.22. The topological polar surface area (TPSA) is 23.8 Å². The summed E-state index contributed by atoms with van der Waals surface area (Å²) in [5, 5.41) is 8.90. The molecule has 1 nitrogen and oxygen atoms in total. The van der Waals surface area contributed by atoms with Crippen molar-refractivity contribution in [3.05, 3.63) is 33.3 Å². The van der Waals surface area contributed by atoms with E-state index in [1.807, 2.05) is 12.1 Å². The minimum Gasteiger partial charge on any atom is -0.197 e. The molecule has 13 heavy (non-hydrogen) atoms. The smallest absolute Gasteiger partial charge is 0.0966 e. The van der Waals surface area contributed by atoms with Gasteiger partial charge in [-0.2, -0.15) is 5.26 Å². The first-order valence-electron chi connectivity index (χ1n) is 3.54. The highest BCUT2D eigenvalue weighted by Gasteiger charge is 1.93. The summed E-state index contributed by atoms with van der Waals surface area (Å²) in [6.45, 7) is 0. The van der Waals surface area contributed by atoms with Gasteiger partial charge in [-0.1, -0.05) is 39.4 Å². The Balaban J connectivity index is 2.92. The highest BCUT2D eigenvalue weighted by atomic mass is 79.9. The van der Waals surface area contributed by atoms with Gasteiger partial charge in [0, 0.05) is 15.1 Å². The minimum atomic E-state index is 0.240. The average Bonchev–Trinajstić information content (AvgIpc) is 2.03. The molecule has 1 aromatic carbocycles. The summed E-state index contributed by atoms with van der Waals surface area (Å²) in [6, 6.07) is 7.36. The van der Waals surface area contributed by atoms with Crippen molar-refractivity contribution in [1.82, 2.24) is 0 Å². The van der Waals surface area contributed by atoms with E-state index < -0.39 is 0 Å². The van der Waals surface area contributed by atoms with Crippen molar-refractivity contribution in [3.8, 4) is 17.9 Å². The number of halogens is 2. The Morgan fingerprint density at radius 1 is 1.38 bits per heavy atom. The molecule has 0 saturated carbocycles. The highest BCUT2D eigenvalue weighted by molar-refractivity contribution is 9.10. The van der Waals surface area contributed by atoms with Crippen molar-refractivity contribution in [3.63, 3.8) is 0 Å². The third-order valence-electron chi connectivity index (χ3n) is 1.26. The molecule has 0 atom stereocenters. The first-order valence-corrected chi connectivity index (χ1v) is 4.71. The van der Waals surface area contributed by atoms with Crippen molar-refractivity contribution < 1.29 is 0 Å². The summed E-state index contributed by atoms with van der Waals surface area (Å²) in [4.78, 5) is 0. The molecule has 0 aromatic heterocycles. The summed E-state index contributed by atoms with van der Waals surface area (Å²) >= 11 is 9.10. The van der Waals surface area contributed by atoms with Gasteiger partial charge >= 0.3 is 0 Å². The third kappa shape index (κ3) is 3.51. The van der Waals surface area contributed by atoms with Gasteiger partial charge in [0.15, 0.2) is 0 Å². The quantitative estimate of drug-likeness (QED) is 0.651. The summed E-state index contributed by atoms with van der Waals surface area (Å²) in [6.07, 6.45) is 0.240. The lowest BCUT2D eigenvalue weighted by Gasteiger charge is -1.94. The Morgan fingerprint density at radius 2 is 2.15 bits per heavy atom. The van der Waals surface area contributed by atoms with E-state index in [2.05, 4.69) is 27.8 Å². The summed E-state index contributed by atoms with van der Waals surface area (Å²) < 4.78 is 0.890. The number of nitrogens with zero attached hydrogens (tertiary/aromatic N) is 1. The van der Waals surface area contributed by atoms with Crippen molar-refractivity contribution in [2.75, 3.05) is 0 Å². The van der Waals surface area contributed by atoms with Gasteiger partial charge in [0.2, 0.25) is 0 Å². The highest BCUT2D eigenvalue weighted by Crippen LogP contribution is 2.18. The van der Waals surface area contributed by atoms with Crippen LogP contribution >= 0.6 is 27.5 Å². The van der Waals surface area contributed by atoms with Crippen LogP contribution in [0, 0.1) is 23.2 Å². The molecule has 0 saturated heterocycles. The maximum atomic E-state index is 8.27. The summed E-state index contributed by atoms with van der Waals surface area (Å²) in [7, 11) is 0. The predicted molar refractivity (Wildman–Crippen MR) is 56.3 cm³/mol. The fourth-order valence-corrected chi connectivity index (χ4v) is 1.67. The molecule has 0 amide bonds. The van der Waals surface area contributed by atoms with Crippen LogP contribution in [0.3, 0.4) is 0 Å². The zero-order valence-electron chi connectivity index (χ0n) is 6.64. The second-order valence-electron chi connectivity index (χ2n) is 2.29. The molecule has 0 unspecified atom stereocenters. The Kier molecular flexibility index (Phi) is 3.83. The molecule has 0 spiro atoms. The van der Waals surface area contributed by atoms with Crippen molar-refractivity contribution >= 4 is 27.5 Å². The maximum Gasteiger partial charge on any atom is 0.0966 e. The number of nitriles is 1. The van der Waals surface area contributed by atoms with Crippen molar-refractivity contribution in [1.29, 1.82) is 5.26 Å². The van der Waals surface area contributed by atoms with E-state index in [4.69, 9.17) is 16.9 Å². The van der Waals surface area contributed by atoms with E-state index in [1.54, 1.807) is 12.1 Å². The van der Waals surface area contributed by atoms with Crippen LogP contribution in [0.1, 0.15) is 12.0 Å². The van der Waals surface area contributed by atoms with Crippen LogP contribution in [0.5, 0.6) is 0 Å². The van der Waals surface area contributed by atoms with Crippen molar-refractivity contribution in [2.24, 2.45) is 0 Å². The molecular weight excluding hydrogens is 249 g/mol. The van der Waals surface area contributed by atoms with Gasteiger partial charge in [0.05, 0.1) is 12.5 Å². The number of hydrogen-bond donors (Lipinski definition) is 0. The van der Waals surface area contributed by atoms with Gasteiger partial charge in [0.1, 0.15) is 0 Å². The van der Waals surface area contributed by atoms with E-state index in [9.17, 15) is 0 Å². The molecule has 0 heterocycles. The zero-order valence-corrected chi connectivity index (χ0v) is 8.98. The number of benzene rings is 1. The van der Waals surface area contributed by atoms with Gasteiger partial charge in [-0.05, 0) is 18.2 Å². The molecular formula is C10H5BrClN. The van der Waals surface area contributed by atoms with Crippen LogP contribution in [0.15, 0.2) is 22.7 Å². The van der Waals surface area contributed by atoms with Crippen molar-refractivity contribution in [2.45, 2.75) is 6.42 Å². The maximum absolute atomic E-state index is 8.27. The number of hydrogen-bond acceptors (Lipinski definition) is 1. The van der Waals surface area contributed by atoms with Crippen LogP contribution in [0.2, 0.25) is 5.02 Å². The molecule has 0 bridgehead atoms. The average molecular weight is 255 g/mol. The standard InChI is InChI=1S/C10H5BrClN/c11-9-5-8(3-1-2-4-13)6-10(12)7-9/h5-7H,2H2. The molecule has 1 aromatic rings. The van der Waals surface area contributed by atoms with Crippen LogP contribution in [0.4, 0.5) is 0 Å². The van der Waals surface area contributed by atoms with Crippen LogP contribution in [-0.4, -0.2) is 0 Å². The van der Waals surface area contributed by atoms with E-state index in [0.717, 1.165) is 10.0 Å². The molecule has 64 valence electrons. The molecule has 0 N–H and O–H groups in total. The number of rotatable bonds is 0. The predicted octanol–water partition coefficient (Wildman–Crippen LogP) is 3.37. The lowest BCUT2D eigenvalue weighted by atomic mass is 10.2. The van der Waals surface area contributed by atoms with Crippen LogP contribution in [0.25, 0.3) is 0 Å². The Labute approximate surface area is 90.5 Å². The van der Waals surface area contributed by atoms with Crippen LogP contribution < -0.4 is 0 Å². The van der Waals surface area contributed by atoms with Gasteiger partial charge in [-0.15, -0.1) is 0 Å². The summed E-state index contributed by atoms with van der Waals surface area (Å²) in [5.41, 5.74) is 0.814. The molecule has 1 rings (SSSR count). The monoisotopic (exact) mass is 253 g/mol. The fraction of sp³-hybridized carbons (Fsp3) is 0.100. The van der Waals surface area contributed by atoms with Crippen LogP contribution in [-0.2, 0) is 0 Å². The Hall–Kier alpha value is -0.960. The normalized spacial score (nSPS) is 8.38. The fourth-order valence-electron chi connectivity index (χ4n) is 0.812. The van der Waals surface area contributed by atoms with Gasteiger partial charge in [0.25, 0.3) is 0 Å². The van der Waals surface area contributed by atoms with E-state index in [1.165, 1.54) is 0 Å². The molecule has 3 heteroatoms. The SMILES string of the molecule is N#CCC#Cc1cc(Cl)cc(Br)c1. The van der Waals surface area contributed by atoms with Gasteiger partial charge in [-0.25, -0.2) is 0 Å². The Morgan fingerprint density at radius 3 is 2.77 bits per heavy atom. The first kappa shape index (κ1) is 10.1. The second-order valence-corrected chi connectivity index (χ2v) is 3.65. The lowest BCUT2D eigenvalue weighted by Crippen LogP contribution is -1.75. The molecule has 0 aliphatic rings.